The topological polar surface area (TPSA) is 35.5 Å². The van der Waals surface area contributed by atoms with Crippen LogP contribution in [0.4, 0.5) is 0 Å². The summed E-state index contributed by atoms with van der Waals surface area (Å²) in [5.74, 6) is 2.89. The van der Waals surface area contributed by atoms with Crippen molar-refractivity contribution in [2.45, 2.75) is 77.9 Å². The Balaban J connectivity index is 1.32. The molecule has 0 unspecified atom stereocenters. The van der Waals surface area contributed by atoms with Crippen molar-refractivity contribution < 1.29 is 14.3 Å². The van der Waals surface area contributed by atoms with Gasteiger partial charge in [-0.3, -0.25) is 4.79 Å². The number of rotatable bonds is 3. The summed E-state index contributed by atoms with van der Waals surface area (Å²) in [7, 11) is 0. The molecule has 0 amide bonds. The van der Waals surface area contributed by atoms with Crippen molar-refractivity contribution in [3.05, 3.63) is 35.9 Å². The molecule has 3 aliphatic carbocycles. The summed E-state index contributed by atoms with van der Waals surface area (Å²) in [5.41, 5.74) is 1.87. The zero-order valence-electron chi connectivity index (χ0n) is 18.1. The Labute approximate surface area is 175 Å². The van der Waals surface area contributed by atoms with Crippen molar-refractivity contribution in [2.24, 2.45) is 34.5 Å². The summed E-state index contributed by atoms with van der Waals surface area (Å²) in [6.07, 6.45) is 9.68. The second kappa shape index (κ2) is 7.41. The van der Waals surface area contributed by atoms with Gasteiger partial charge in [0.15, 0.2) is 0 Å². The Morgan fingerprint density at radius 1 is 0.966 bits per heavy atom. The molecule has 3 nitrogen and oxygen atoms in total. The Bertz CT molecular complexity index is 746. The zero-order chi connectivity index (χ0) is 20.1. The first-order valence-corrected chi connectivity index (χ1v) is 11.8. The number of fused-ring (bicyclic) bond motifs is 5. The third-order valence-electron chi connectivity index (χ3n) is 9.59. The molecule has 0 radical (unpaired) electrons. The number of hydrogen-bond donors (Lipinski definition) is 0. The summed E-state index contributed by atoms with van der Waals surface area (Å²) in [6.45, 7) is 6.36. The van der Waals surface area contributed by atoms with E-state index in [-0.39, 0.29) is 11.4 Å². The molecule has 29 heavy (non-hydrogen) atoms. The van der Waals surface area contributed by atoms with Crippen LogP contribution in [0.25, 0.3) is 0 Å². The van der Waals surface area contributed by atoms with E-state index in [1.54, 1.807) is 0 Å². The summed E-state index contributed by atoms with van der Waals surface area (Å²) >= 11 is 0. The molecule has 1 aliphatic heterocycles. The maximum atomic E-state index is 12.1. The normalized spacial score (nSPS) is 44.2. The van der Waals surface area contributed by atoms with Gasteiger partial charge in [0.2, 0.25) is 0 Å². The second-order valence-corrected chi connectivity index (χ2v) is 10.7. The first-order chi connectivity index (χ1) is 14.0. The lowest BCUT2D eigenvalue weighted by molar-refractivity contribution is -0.144. The van der Waals surface area contributed by atoms with Crippen LogP contribution in [-0.4, -0.2) is 18.7 Å². The average molecular weight is 397 g/mol. The zero-order valence-corrected chi connectivity index (χ0v) is 18.1. The van der Waals surface area contributed by atoms with Gasteiger partial charge in [-0.2, -0.15) is 0 Å². The van der Waals surface area contributed by atoms with Crippen LogP contribution in [0.5, 0.6) is 0 Å². The summed E-state index contributed by atoms with van der Waals surface area (Å²) < 4.78 is 12.0. The molecule has 0 spiro atoms. The molecule has 1 heterocycles. The number of cyclic esters (lactones) is 1. The number of benzene rings is 1. The van der Waals surface area contributed by atoms with Crippen molar-refractivity contribution in [2.75, 3.05) is 6.61 Å². The number of hydrogen-bond acceptors (Lipinski definition) is 3. The number of ether oxygens (including phenoxy) is 2. The number of carbonyl (C=O) groups excluding carboxylic acids is 1. The summed E-state index contributed by atoms with van der Waals surface area (Å²) in [5, 5.41) is 0. The molecule has 158 valence electrons. The van der Waals surface area contributed by atoms with Crippen LogP contribution in [-0.2, 0) is 20.9 Å². The van der Waals surface area contributed by atoms with E-state index in [0.29, 0.717) is 30.5 Å². The van der Waals surface area contributed by atoms with Crippen molar-refractivity contribution in [3.8, 4) is 0 Å². The van der Waals surface area contributed by atoms with E-state index in [1.807, 2.05) is 0 Å². The Morgan fingerprint density at radius 3 is 2.59 bits per heavy atom. The molecule has 7 atom stereocenters. The Hall–Kier alpha value is -1.35. The number of carbonyl (C=O) groups is 1. The van der Waals surface area contributed by atoms with Gasteiger partial charge in [0.05, 0.1) is 19.3 Å². The summed E-state index contributed by atoms with van der Waals surface area (Å²) in [4.78, 5) is 12.1. The van der Waals surface area contributed by atoms with Crippen LogP contribution in [0.3, 0.4) is 0 Å². The smallest absolute Gasteiger partial charge is 0.306 e. The second-order valence-electron chi connectivity index (χ2n) is 10.7. The van der Waals surface area contributed by atoms with Gasteiger partial charge in [0, 0.05) is 6.42 Å². The standard InChI is InChI=1S/C26H36O3/c1-25-14-15-28-24(27)16-19(25)8-9-20-21-10-11-23(26(21,2)13-12-22(20)25)29-17-18-6-4-3-5-7-18/h3-7,19-23H,8-17H2,1-2H3/t19-,20-,21-,22-,23-,25-,26-/m0/s1. The highest BCUT2D eigenvalue weighted by molar-refractivity contribution is 5.70. The molecule has 3 saturated carbocycles. The van der Waals surface area contributed by atoms with E-state index in [2.05, 4.69) is 44.2 Å². The molecule has 0 N–H and O–H groups in total. The minimum absolute atomic E-state index is 0.0352. The largest absolute Gasteiger partial charge is 0.466 e. The maximum Gasteiger partial charge on any atom is 0.306 e. The van der Waals surface area contributed by atoms with Crippen molar-refractivity contribution in [3.63, 3.8) is 0 Å². The van der Waals surface area contributed by atoms with Gasteiger partial charge in [0.25, 0.3) is 0 Å². The first kappa shape index (κ1) is 19.6. The van der Waals surface area contributed by atoms with Gasteiger partial charge in [0.1, 0.15) is 0 Å². The van der Waals surface area contributed by atoms with Crippen LogP contribution in [0.2, 0.25) is 0 Å². The molecule has 4 fully saturated rings. The van der Waals surface area contributed by atoms with Crippen LogP contribution >= 0.6 is 0 Å². The fourth-order valence-electron chi connectivity index (χ4n) is 7.90. The lowest BCUT2D eigenvalue weighted by Gasteiger charge is -2.58. The quantitative estimate of drug-likeness (QED) is 0.609. The molecule has 1 aromatic carbocycles. The fraction of sp³-hybridized carbons (Fsp3) is 0.731. The first-order valence-electron chi connectivity index (χ1n) is 11.8. The third-order valence-corrected chi connectivity index (χ3v) is 9.59. The lowest BCUT2D eigenvalue weighted by atomic mass is 9.47. The van der Waals surface area contributed by atoms with E-state index >= 15 is 0 Å². The molecule has 3 heteroatoms. The highest BCUT2D eigenvalue weighted by atomic mass is 16.5. The molecule has 1 saturated heterocycles. The van der Waals surface area contributed by atoms with Gasteiger partial charge < -0.3 is 9.47 Å². The minimum Gasteiger partial charge on any atom is -0.466 e. The van der Waals surface area contributed by atoms with Gasteiger partial charge in [-0.1, -0.05) is 44.2 Å². The van der Waals surface area contributed by atoms with Crippen LogP contribution < -0.4 is 0 Å². The molecule has 0 bridgehead atoms. The monoisotopic (exact) mass is 396 g/mol. The number of esters is 1. The van der Waals surface area contributed by atoms with E-state index in [9.17, 15) is 4.79 Å². The molecule has 1 aromatic rings. The van der Waals surface area contributed by atoms with E-state index in [4.69, 9.17) is 9.47 Å². The van der Waals surface area contributed by atoms with E-state index < -0.39 is 0 Å². The van der Waals surface area contributed by atoms with Crippen molar-refractivity contribution in [1.82, 2.24) is 0 Å². The van der Waals surface area contributed by atoms with Crippen LogP contribution in [0.15, 0.2) is 30.3 Å². The van der Waals surface area contributed by atoms with Crippen LogP contribution in [0, 0.1) is 34.5 Å². The molecule has 5 rings (SSSR count). The van der Waals surface area contributed by atoms with E-state index in [0.717, 1.165) is 30.8 Å². The third kappa shape index (κ3) is 3.24. The lowest BCUT2D eigenvalue weighted by Crippen LogP contribution is -2.52. The highest BCUT2D eigenvalue weighted by Gasteiger charge is 2.60. The molecular formula is C26H36O3. The highest BCUT2D eigenvalue weighted by Crippen LogP contribution is 2.65. The predicted molar refractivity (Wildman–Crippen MR) is 113 cm³/mol. The van der Waals surface area contributed by atoms with Crippen molar-refractivity contribution in [1.29, 1.82) is 0 Å². The van der Waals surface area contributed by atoms with Gasteiger partial charge in [-0.25, -0.2) is 0 Å². The Kier molecular flexibility index (Phi) is 5.01. The summed E-state index contributed by atoms with van der Waals surface area (Å²) in [6, 6.07) is 10.6. The van der Waals surface area contributed by atoms with Gasteiger partial charge in [-0.15, -0.1) is 0 Å². The average Bonchev–Trinajstić information content (AvgIpc) is 2.97. The minimum atomic E-state index is 0.0352. The molecule has 4 aliphatic rings. The fourth-order valence-corrected chi connectivity index (χ4v) is 7.90. The van der Waals surface area contributed by atoms with E-state index in [1.165, 1.54) is 44.1 Å². The molecular weight excluding hydrogens is 360 g/mol. The SMILES string of the molecule is C[C@]12CCOC(=O)C[C@@H]1CC[C@@H]1[C@@H]2CC[C@]2(C)[C@@H](OCc3ccccc3)CC[C@@H]12. The van der Waals surface area contributed by atoms with Crippen molar-refractivity contribution >= 4 is 5.97 Å². The Morgan fingerprint density at radius 2 is 1.76 bits per heavy atom. The van der Waals surface area contributed by atoms with Gasteiger partial charge in [-0.05, 0) is 85.0 Å². The van der Waals surface area contributed by atoms with Crippen LogP contribution in [0.1, 0.15) is 70.8 Å². The predicted octanol–water partition coefficient (Wildman–Crippen LogP) is 5.77. The molecule has 0 aromatic heterocycles. The maximum absolute atomic E-state index is 12.1. The van der Waals surface area contributed by atoms with Gasteiger partial charge >= 0.3 is 5.97 Å².